The van der Waals surface area contributed by atoms with Gasteiger partial charge >= 0.3 is 0 Å². The first-order valence-corrected chi connectivity index (χ1v) is 6.95. The monoisotopic (exact) mass is 289 g/mol. The maximum Gasteiger partial charge on any atom is 0.183 e. The molecule has 1 N–H and O–H groups in total. The van der Waals surface area contributed by atoms with Gasteiger partial charge in [-0.2, -0.15) is 10.4 Å². The van der Waals surface area contributed by atoms with Crippen molar-refractivity contribution in [3.8, 4) is 11.9 Å². The molecule has 0 radical (unpaired) electrons. The third-order valence-electron chi connectivity index (χ3n) is 2.47. The second kappa shape index (κ2) is 6.21. The zero-order valence-corrected chi connectivity index (χ0v) is 11.8. The predicted molar refractivity (Wildman–Crippen MR) is 77.6 cm³/mol. The summed E-state index contributed by atoms with van der Waals surface area (Å²) >= 11 is 1.27. The van der Waals surface area contributed by atoms with Gasteiger partial charge in [-0.15, -0.1) is 0 Å². The number of halogens is 1. The van der Waals surface area contributed by atoms with Crippen LogP contribution >= 0.6 is 11.8 Å². The first kappa shape index (κ1) is 14.1. The summed E-state index contributed by atoms with van der Waals surface area (Å²) in [4.78, 5) is 4.26. The Morgan fingerprint density at radius 1 is 1.55 bits per heavy atom. The van der Waals surface area contributed by atoms with Gasteiger partial charge < -0.3 is 0 Å². The Bertz CT molecular complexity index is 686. The molecule has 0 aliphatic heterocycles. The van der Waals surface area contributed by atoms with Crippen molar-refractivity contribution in [2.75, 3.05) is 6.26 Å². The molecule has 0 amide bonds. The molecule has 0 saturated carbocycles. The van der Waals surface area contributed by atoms with Gasteiger partial charge in [-0.25, -0.2) is 14.1 Å². The van der Waals surface area contributed by atoms with Crippen molar-refractivity contribution >= 4 is 22.6 Å². The van der Waals surface area contributed by atoms with E-state index in [0.29, 0.717) is 16.5 Å². The number of nitriles is 1. The molecule has 0 aliphatic rings. The highest BCUT2D eigenvalue weighted by molar-refractivity contribution is 8.13. The van der Waals surface area contributed by atoms with E-state index in [-0.39, 0.29) is 0 Å². The topological polar surface area (TPSA) is 66.0 Å². The zero-order chi connectivity index (χ0) is 14.5. The minimum Gasteiger partial charge on any atom is -0.271 e. The molecule has 0 unspecified atom stereocenters. The van der Waals surface area contributed by atoms with Crippen LogP contribution in [0.1, 0.15) is 5.56 Å². The second-order valence-electron chi connectivity index (χ2n) is 3.95. The number of hydrogen-bond donors (Lipinski definition) is 1. The van der Waals surface area contributed by atoms with E-state index < -0.39 is 5.82 Å². The largest absolute Gasteiger partial charge is 0.271 e. The van der Waals surface area contributed by atoms with Crippen molar-refractivity contribution in [2.45, 2.75) is 6.92 Å². The number of nitrogens with zero attached hydrogens (tertiary/aromatic N) is 4. The van der Waals surface area contributed by atoms with E-state index in [1.807, 2.05) is 13.1 Å². The Morgan fingerprint density at radius 2 is 2.35 bits per heavy atom. The predicted octanol–water partition coefficient (Wildman–Crippen LogP) is 2.74. The molecule has 1 aromatic heterocycles. The maximum atomic E-state index is 13.4. The summed E-state index contributed by atoms with van der Waals surface area (Å²) < 4.78 is 15.0. The van der Waals surface area contributed by atoms with E-state index in [1.54, 1.807) is 29.4 Å². The smallest absolute Gasteiger partial charge is 0.183 e. The number of nitrogens with one attached hydrogen (secondary N) is 1. The Balaban J connectivity index is 2.51. The van der Waals surface area contributed by atoms with E-state index >= 15 is 0 Å². The summed E-state index contributed by atoms with van der Waals surface area (Å²) in [6, 6.07) is 4.26. The van der Waals surface area contributed by atoms with Gasteiger partial charge in [0.2, 0.25) is 0 Å². The SMILES string of the molecule is CSC(=Nc1cc(F)ccc1-n1cc(C)cn1)NC#N. The lowest BCUT2D eigenvalue weighted by Gasteiger charge is -2.07. The van der Waals surface area contributed by atoms with E-state index in [9.17, 15) is 4.39 Å². The van der Waals surface area contributed by atoms with Gasteiger partial charge in [0.15, 0.2) is 11.4 Å². The third-order valence-corrected chi connectivity index (χ3v) is 3.05. The molecule has 20 heavy (non-hydrogen) atoms. The fourth-order valence-corrected chi connectivity index (χ4v) is 1.94. The van der Waals surface area contributed by atoms with E-state index in [4.69, 9.17) is 5.26 Å². The lowest BCUT2D eigenvalue weighted by Crippen LogP contribution is -2.12. The van der Waals surface area contributed by atoms with E-state index in [1.165, 1.54) is 23.9 Å². The Kier molecular flexibility index (Phi) is 4.38. The number of benzene rings is 1. The molecule has 2 rings (SSSR count). The highest BCUT2D eigenvalue weighted by Gasteiger charge is 2.08. The van der Waals surface area contributed by atoms with Gasteiger partial charge in [-0.3, -0.25) is 5.32 Å². The number of rotatable bonds is 2. The minimum atomic E-state index is -0.395. The number of amidine groups is 1. The molecule has 102 valence electrons. The molecular weight excluding hydrogens is 277 g/mol. The van der Waals surface area contributed by atoms with Crippen molar-refractivity contribution in [1.29, 1.82) is 5.26 Å². The number of aliphatic imine (C=N–C) groups is 1. The molecule has 1 heterocycles. The van der Waals surface area contributed by atoms with Crippen LogP contribution < -0.4 is 5.32 Å². The summed E-state index contributed by atoms with van der Waals surface area (Å²) in [5.74, 6) is -0.395. The minimum absolute atomic E-state index is 0.392. The number of thioether (sulfide) groups is 1. The van der Waals surface area contributed by atoms with Crippen LogP contribution in [0.25, 0.3) is 5.69 Å². The molecule has 7 heteroatoms. The Labute approximate surface area is 120 Å². The first-order chi connectivity index (χ1) is 9.63. The lowest BCUT2D eigenvalue weighted by molar-refractivity contribution is 0.627. The van der Waals surface area contributed by atoms with Crippen molar-refractivity contribution in [2.24, 2.45) is 4.99 Å². The molecule has 0 bridgehead atoms. The highest BCUT2D eigenvalue weighted by atomic mass is 32.2. The van der Waals surface area contributed by atoms with Crippen LogP contribution in [0.15, 0.2) is 35.6 Å². The number of aryl methyl sites for hydroxylation is 1. The molecule has 0 fully saturated rings. The van der Waals surface area contributed by atoms with Gasteiger partial charge in [-0.1, -0.05) is 11.8 Å². The molecule has 2 aromatic rings. The fraction of sp³-hybridized carbons (Fsp3) is 0.154. The summed E-state index contributed by atoms with van der Waals surface area (Å²) in [6.45, 7) is 1.92. The molecular formula is C13H12FN5S. The molecule has 0 atom stereocenters. The quantitative estimate of drug-likeness (QED) is 0.399. The molecule has 0 aliphatic carbocycles. The Hall–Kier alpha value is -2.33. The van der Waals surface area contributed by atoms with E-state index in [2.05, 4.69) is 15.4 Å². The summed E-state index contributed by atoms with van der Waals surface area (Å²) in [5.41, 5.74) is 2.04. The maximum absolute atomic E-state index is 13.4. The molecule has 1 aromatic carbocycles. The van der Waals surface area contributed by atoms with Crippen molar-refractivity contribution in [1.82, 2.24) is 15.1 Å². The fourth-order valence-electron chi connectivity index (χ4n) is 1.61. The number of aromatic nitrogens is 2. The highest BCUT2D eigenvalue weighted by Crippen LogP contribution is 2.25. The van der Waals surface area contributed by atoms with Crippen LogP contribution in [-0.2, 0) is 0 Å². The van der Waals surface area contributed by atoms with Gasteiger partial charge in [0.1, 0.15) is 5.82 Å². The average molecular weight is 289 g/mol. The van der Waals surface area contributed by atoms with Crippen LogP contribution in [0.3, 0.4) is 0 Å². The van der Waals surface area contributed by atoms with Crippen LogP contribution in [0.5, 0.6) is 0 Å². The van der Waals surface area contributed by atoms with Crippen LogP contribution in [0, 0.1) is 24.2 Å². The summed E-state index contributed by atoms with van der Waals surface area (Å²) in [7, 11) is 0. The van der Waals surface area contributed by atoms with Crippen LogP contribution in [0.4, 0.5) is 10.1 Å². The molecule has 5 nitrogen and oxygen atoms in total. The third kappa shape index (κ3) is 3.16. The van der Waals surface area contributed by atoms with Gasteiger partial charge in [0.25, 0.3) is 0 Å². The van der Waals surface area contributed by atoms with Gasteiger partial charge in [0, 0.05) is 12.3 Å². The summed E-state index contributed by atoms with van der Waals surface area (Å²) in [6.07, 6.45) is 7.11. The zero-order valence-electron chi connectivity index (χ0n) is 11.0. The van der Waals surface area contributed by atoms with Crippen molar-refractivity contribution < 1.29 is 4.39 Å². The summed E-state index contributed by atoms with van der Waals surface area (Å²) in [5, 5.41) is 15.7. The van der Waals surface area contributed by atoms with E-state index in [0.717, 1.165) is 5.56 Å². The van der Waals surface area contributed by atoms with Crippen LogP contribution in [0.2, 0.25) is 0 Å². The standard InChI is InChI=1S/C13H12FN5S/c1-9-6-17-19(7-9)12-4-3-10(14)5-11(12)18-13(20-2)16-8-15/h3-7H,1-2H3,(H,16,18). The second-order valence-corrected chi connectivity index (χ2v) is 4.75. The van der Waals surface area contributed by atoms with Crippen molar-refractivity contribution in [3.63, 3.8) is 0 Å². The van der Waals surface area contributed by atoms with Gasteiger partial charge in [-0.05, 0) is 30.9 Å². The van der Waals surface area contributed by atoms with Crippen LogP contribution in [-0.4, -0.2) is 21.2 Å². The molecule has 0 spiro atoms. The first-order valence-electron chi connectivity index (χ1n) is 5.73. The van der Waals surface area contributed by atoms with Crippen molar-refractivity contribution in [3.05, 3.63) is 42.0 Å². The molecule has 0 saturated heterocycles. The normalized spacial score (nSPS) is 11.2. The van der Waals surface area contributed by atoms with Gasteiger partial charge in [0.05, 0.1) is 17.6 Å². The lowest BCUT2D eigenvalue weighted by atomic mass is 10.2. The Morgan fingerprint density at radius 3 is 2.95 bits per heavy atom. The number of hydrogen-bond acceptors (Lipinski definition) is 4. The average Bonchev–Trinajstić information content (AvgIpc) is 2.85.